The molecule has 1 fully saturated rings. The number of benzene rings is 3. The average molecular weight is 719 g/mol. The van der Waals surface area contributed by atoms with Crippen LogP contribution < -0.4 is 9.47 Å². The van der Waals surface area contributed by atoms with Crippen molar-refractivity contribution in [2.75, 3.05) is 39.6 Å². The maximum Gasteiger partial charge on any atom is 0.335 e. The highest BCUT2D eigenvalue weighted by Gasteiger charge is 2.21. The SMILES string of the molecule is C=C(CO)C(=O)OCCOc1cc(OCCOC(=O)C(C)CO)cc(-c2ccc(-c3ccc(CCC4CCC(CCCCC)CC4)c(F)c3)cc2)c1. The quantitative estimate of drug-likeness (QED) is 0.0641. The number of aliphatic hydroxyl groups excluding tert-OH is 2. The summed E-state index contributed by atoms with van der Waals surface area (Å²) in [6, 6.07) is 18.7. The van der Waals surface area contributed by atoms with Crippen LogP contribution >= 0.6 is 0 Å². The molecule has 1 atom stereocenters. The molecule has 0 aromatic heterocycles. The number of hydrogen-bond acceptors (Lipinski definition) is 8. The van der Waals surface area contributed by atoms with Gasteiger partial charge in [0.25, 0.3) is 0 Å². The molecule has 1 aliphatic rings. The monoisotopic (exact) mass is 718 g/mol. The van der Waals surface area contributed by atoms with Crippen LogP contribution in [-0.4, -0.2) is 61.8 Å². The number of esters is 2. The Labute approximate surface area is 308 Å². The molecule has 1 saturated carbocycles. The molecule has 0 radical (unpaired) electrons. The van der Waals surface area contributed by atoms with E-state index in [1.165, 1.54) is 51.4 Å². The van der Waals surface area contributed by atoms with Crippen LogP contribution in [0.3, 0.4) is 0 Å². The van der Waals surface area contributed by atoms with Crippen LogP contribution in [0.2, 0.25) is 0 Å². The molecule has 0 amide bonds. The van der Waals surface area contributed by atoms with E-state index in [1.54, 1.807) is 19.1 Å². The highest BCUT2D eigenvalue weighted by atomic mass is 19.1. The maximum absolute atomic E-state index is 15.3. The van der Waals surface area contributed by atoms with Crippen molar-refractivity contribution in [2.45, 2.75) is 78.1 Å². The molecule has 1 unspecified atom stereocenters. The Morgan fingerprint density at radius 2 is 1.35 bits per heavy atom. The number of unbranched alkanes of at least 4 members (excludes halogenated alkanes) is 2. The molecule has 282 valence electrons. The van der Waals surface area contributed by atoms with Gasteiger partial charge in [-0.2, -0.15) is 0 Å². The van der Waals surface area contributed by atoms with E-state index in [2.05, 4.69) is 13.5 Å². The van der Waals surface area contributed by atoms with Gasteiger partial charge in [-0.3, -0.25) is 4.79 Å². The first-order valence-corrected chi connectivity index (χ1v) is 18.7. The minimum absolute atomic E-state index is 0.00146. The molecule has 1 aliphatic carbocycles. The second-order valence-electron chi connectivity index (χ2n) is 13.8. The summed E-state index contributed by atoms with van der Waals surface area (Å²) in [7, 11) is 0. The van der Waals surface area contributed by atoms with Gasteiger partial charge in [0.05, 0.1) is 24.7 Å². The minimum Gasteiger partial charge on any atom is -0.490 e. The van der Waals surface area contributed by atoms with Crippen LogP contribution in [0.5, 0.6) is 11.5 Å². The third-order valence-electron chi connectivity index (χ3n) is 9.83. The van der Waals surface area contributed by atoms with Gasteiger partial charge in [-0.25, -0.2) is 9.18 Å². The Kier molecular flexibility index (Phi) is 16.7. The summed E-state index contributed by atoms with van der Waals surface area (Å²) in [6.45, 7) is 6.56. The Morgan fingerprint density at radius 1 is 0.769 bits per heavy atom. The topological polar surface area (TPSA) is 112 Å². The maximum atomic E-state index is 15.3. The fraction of sp³-hybridized carbons (Fsp3) is 0.488. The predicted octanol–water partition coefficient (Wildman–Crippen LogP) is 8.50. The number of aryl methyl sites for hydroxylation is 1. The first-order chi connectivity index (χ1) is 25.2. The van der Waals surface area contributed by atoms with E-state index >= 15 is 4.39 Å². The normalized spacial score (nSPS) is 16.2. The summed E-state index contributed by atoms with van der Waals surface area (Å²) in [4.78, 5) is 23.7. The van der Waals surface area contributed by atoms with E-state index in [0.29, 0.717) is 17.4 Å². The van der Waals surface area contributed by atoms with Crippen LogP contribution in [0.25, 0.3) is 22.3 Å². The van der Waals surface area contributed by atoms with Gasteiger partial charge in [0, 0.05) is 6.07 Å². The van der Waals surface area contributed by atoms with Crippen LogP contribution in [0.15, 0.2) is 72.8 Å². The smallest absolute Gasteiger partial charge is 0.335 e. The highest BCUT2D eigenvalue weighted by Crippen LogP contribution is 2.35. The molecule has 3 aromatic rings. The van der Waals surface area contributed by atoms with Crippen molar-refractivity contribution < 1.29 is 43.1 Å². The highest BCUT2D eigenvalue weighted by molar-refractivity contribution is 5.87. The van der Waals surface area contributed by atoms with E-state index < -0.39 is 24.5 Å². The Bertz CT molecular complexity index is 1580. The lowest BCUT2D eigenvalue weighted by Crippen LogP contribution is -2.20. The first-order valence-electron chi connectivity index (χ1n) is 18.7. The number of ether oxygens (including phenoxy) is 4. The Balaban J connectivity index is 1.38. The molecule has 0 saturated heterocycles. The second-order valence-corrected chi connectivity index (χ2v) is 13.8. The largest absolute Gasteiger partial charge is 0.490 e. The van der Waals surface area contributed by atoms with Crippen molar-refractivity contribution in [3.8, 4) is 33.8 Å². The number of hydrogen-bond donors (Lipinski definition) is 2. The third kappa shape index (κ3) is 12.8. The summed E-state index contributed by atoms with van der Waals surface area (Å²) in [5.74, 6) is 0.497. The molecule has 0 heterocycles. The van der Waals surface area contributed by atoms with Gasteiger partial charge in [0.15, 0.2) is 0 Å². The lowest BCUT2D eigenvalue weighted by molar-refractivity contribution is -0.149. The number of aliphatic hydroxyl groups is 2. The zero-order chi connectivity index (χ0) is 37.3. The molecule has 0 aliphatic heterocycles. The summed E-state index contributed by atoms with van der Waals surface area (Å²) >= 11 is 0. The van der Waals surface area contributed by atoms with Crippen molar-refractivity contribution >= 4 is 11.9 Å². The lowest BCUT2D eigenvalue weighted by atomic mass is 9.77. The molecule has 4 rings (SSSR count). The zero-order valence-corrected chi connectivity index (χ0v) is 30.7. The summed E-state index contributed by atoms with van der Waals surface area (Å²) in [5, 5.41) is 18.2. The van der Waals surface area contributed by atoms with Crippen molar-refractivity contribution in [1.82, 2.24) is 0 Å². The van der Waals surface area contributed by atoms with Gasteiger partial charge < -0.3 is 29.2 Å². The lowest BCUT2D eigenvalue weighted by Gasteiger charge is -2.28. The van der Waals surface area contributed by atoms with E-state index in [0.717, 1.165) is 46.6 Å². The van der Waals surface area contributed by atoms with Crippen molar-refractivity contribution in [3.63, 3.8) is 0 Å². The number of carbonyl (C=O) groups is 2. The fourth-order valence-corrected chi connectivity index (χ4v) is 6.52. The molecule has 3 aromatic carbocycles. The van der Waals surface area contributed by atoms with Crippen LogP contribution in [0.4, 0.5) is 4.39 Å². The number of halogens is 1. The number of rotatable bonds is 21. The third-order valence-corrected chi connectivity index (χ3v) is 9.83. The molecule has 2 N–H and O–H groups in total. The molecule has 52 heavy (non-hydrogen) atoms. The molecule has 0 bridgehead atoms. The van der Waals surface area contributed by atoms with E-state index in [1.807, 2.05) is 48.5 Å². The van der Waals surface area contributed by atoms with Gasteiger partial charge in [-0.05, 0) is 77.6 Å². The summed E-state index contributed by atoms with van der Waals surface area (Å²) in [5.41, 5.74) is 4.09. The molecular formula is C43H55FO8. The average Bonchev–Trinajstić information content (AvgIpc) is 3.17. The van der Waals surface area contributed by atoms with Crippen LogP contribution in [0.1, 0.15) is 77.2 Å². The van der Waals surface area contributed by atoms with Crippen molar-refractivity contribution in [1.29, 1.82) is 0 Å². The minimum atomic E-state index is -0.700. The van der Waals surface area contributed by atoms with Gasteiger partial charge in [-0.15, -0.1) is 0 Å². The van der Waals surface area contributed by atoms with Gasteiger partial charge >= 0.3 is 11.9 Å². The van der Waals surface area contributed by atoms with E-state index in [-0.39, 0.29) is 44.4 Å². The van der Waals surface area contributed by atoms with Gasteiger partial charge in [0.2, 0.25) is 0 Å². The Hall–Kier alpha value is -4.21. The van der Waals surface area contributed by atoms with Crippen LogP contribution in [-0.2, 0) is 25.5 Å². The standard InChI is InChI=1S/C43H55FO8/c1-4-5-6-7-32-8-10-33(11-9-32)12-13-36-18-19-37(26-41(36)44)34-14-16-35(17-15-34)38-24-39(49-20-22-51-42(47)30(2)28-45)27-40(25-38)50-21-23-52-43(48)31(3)29-46/h14-19,24-27,31-33,45-46H,2,4-13,20-23,28-29H2,1,3H3. The predicted molar refractivity (Wildman–Crippen MR) is 201 cm³/mol. The second kappa shape index (κ2) is 21.3. The Morgan fingerprint density at radius 3 is 1.92 bits per heavy atom. The van der Waals surface area contributed by atoms with Crippen molar-refractivity contribution in [2.24, 2.45) is 17.8 Å². The molecule has 8 nitrogen and oxygen atoms in total. The summed E-state index contributed by atoms with van der Waals surface area (Å²) in [6.07, 6.45) is 12.3. The van der Waals surface area contributed by atoms with Gasteiger partial charge in [0.1, 0.15) is 43.7 Å². The van der Waals surface area contributed by atoms with E-state index in [9.17, 15) is 9.59 Å². The van der Waals surface area contributed by atoms with E-state index in [4.69, 9.17) is 29.2 Å². The van der Waals surface area contributed by atoms with Crippen molar-refractivity contribution in [3.05, 3.63) is 84.2 Å². The summed E-state index contributed by atoms with van der Waals surface area (Å²) < 4.78 is 37.3. The zero-order valence-electron chi connectivity index (χ0n) is 30.7. The first kappa shape index (κ1) is 40.6. The van der Waals surface area contributed by atoms with Gasteiger partial charge in [-0.1, -0.05) is 101 Å². The van der Waals surface area contributed by atoms with Crippen LogP contribution in [0, 0.1) is 23.6 Å². The molecule has 9 heteroatoms. The molecule has 0 spiro atoms. The number of carbonyl (C=O) groups excluding carboxylic acids is 2. The fourth-order valence-electron chi connectivity index (χ4n) is 6.52. The molecular weight excluding hydrogens is 663 g/mol.